The summed E-state index contributed by atoms with van der Waals surface area (Å²) in [4.78, 5) is 18.8. The van der Waals surface area contributed by atoms with Crippen LogP contribution >= 0.6 is 0 Å². The minimum absolute atomic E-state index is 0.322. The van der Waals surface area contributed by atoms with Crippen molar-refractivity contribution in [1.29, 1.82) is 0 Å². The van der Waals surface area contributed by atoms with E-state index < -0.39 is 0 Å². The second-order valence-corrected chi connectivity index (χ2v) is 3.82. The summed E-state index contributed by atoms with van der Waals surface area (Å²) in [6.07, 6.45) is 3.79. The summed E-state index contributed by atoms with van der Waals surface area (Å²) in [5, 5.41) is 0. The van der Waals surface area contributed by atoms with Gasteiger partial charge in [0.2, 0.25) is 0 Å². The molecule has 0 unspecified atom stereocenters. The van der Waals surface area contributed by atoms with Crippen LogP contribution in [0.4, 0.5) is 4.39 Å². The Bertz CT molecular complexity index is 719. The Labute approximate surface area is 102 Å². The number of imidazole rings is 1. The molecule has 18 heavy (non-hydrogen) atoms. The van der Waals surface area contributed by atoms with Gasteiger partial charge in [-0.25, -0.2) is 14.4 Å². The third-order valence-electron chi connectivity index (χ3n) is 2.66. The maximum absolute atomic E-state index is 13.0. The molecule has 0 spiro atoms. The van der Waals surface area contributed by atoms with Gasteiger partial charge in [-0.2, -0.15) is 0 Å². The molecule has 0 aliphatic carbocycles. The molecule has 5 heteroatoms. The number of halogens is 1. The lowest BCUT2D eigenvalue weighted by atomic mass is 10.3. The zero-order valence-electron chi connectivity index (χ0n) is 9.25. The van der Waals surface area contributed by atoms with Crippen molar-refractivity contribution >= 4 is 17.3 Å². The number of nitrogens with zero attached hydrogens (tertiary/aromatic N) is 3. The zero-order chi connectivity index (χ0) is 12.5. The highest BCUT2D eigenvalue weighted by Gasteiger charge is 2.06. The number of aromatic nitrogens is 3. The van der Waals surface area contributed by atoms with Gasteiger partial charge in [-0.15, -0.1) is 0 Å². The quantitative estimate of drug-likeness (QED) is 0.647. The lowest BCUT2D eigenvalue weighted by Crippen LogP contribution is -1.96. The summed E-state index contributed by atoms with van der Waals surface area (Å²) in [5.74, 6) is 0.312. The van der Waals surface area contributed by atoms with Crippen molar-refractivity contribution in [3.05, 3.63) is 54.2 Å². The fraction of sp³-hybridized carbons (Fsp3) is 0. The number of aldehydes is 1. The molecule has 3 rings (SSSR count). The van der Waals surface area contributed by atoms with E-state index in [0.29, 0.717) is 16.9 Å². The fourth-order valence-electron chi connectivity index (χ4n) is 1.78. The first-order valence-corrected chi connectivity index (χ1v) is 5.32. The van der Waals surface area contributed by atoms with Gasteiger partial charge in [0, 0.05) is 17.8 Å². The summed E-state index contributed by atoms with van der Waals surface area (Å²) >= 11 is 0. The molecule has 2 aromatic heterocycles. The number of carbonyl (C=O) groups excluding carboxylic acids is 1. The van der Waals surface area contributed by atoms with E-state index in [-0.39, 0.29) is 5.82 Å². The van der Waals surface area contributed by atoms with Gasteiger partial charge in [-0.1, -0.05) is 0 Å². The average molecular weight is 241 g/mol. The van der Waals surface area contributed by atoms with E-state index in [9.17, 15) is 9.18 Å². The van der Waals surface area contributed by atoms with Gasteiger partial charge in [0.05, 0.1) is 11.0 Å². The maximum Gasteiger partial charge on any atom is 0.151 e. The molecule has 0 amide bonds. The predicted octanol–water partition coefficient (Wildman–Crippen LogP) is 2.37. The van der Waals surface area contributed by atoms with Crippen molar-refractivity contribution in [2.45, 2.75) is 0 Å². The fourth-order valence-corrected chi connectivity index (χ4v) is 1.78. The second kappa shape index (κ2) is 4.03. The van der Waals surface area contributed by atoms with Gasteiger partial charge >= 0.3 is 0 Å². The van der Waals surface area contributed by atoms with E-state index in [0.717, 1.165) is 11.8 Å². The SMILES string of the molecule is O=Cc1ccc(-n2cnc3cc(F)ccc32)nc1. The van der Waals surface area contributed by atoms with Crippen LogP contribution in [-0.2, 0) is 0 Å². The van der Waals surface area contributed by atoms with Crippen LogP contribution in [0, 0.1) is 5.82 Å². The molecule has 0 fully saturated rings. The second-order valence-electron chi connectivity index (χ2n) is 3.82. The maximum atomic E-state index is 13.0. The third kappa shape index (κ3) is 1.66. The Morgan fingerprint density at radius 1 is 1.17 bits per heavy atom. The smallest absolute Gasteiger partial charge is 0.151 e. The Hall–Kier alpha value is -2.56. The van der Waals surface area contributed by atoms with Gasteiger partial charge in [0.15, 0.2) is 6.29 Å². The standard InChI is InChI=1S/C13H8FN3O/c14-10-2-3-12-11(5-10)16-8-17(12)13-4-1-9(7-18)6-15-13/h1-8H. The Morgan fingerprint density at radius 2 is 2.06 bits per heavy atom. The van der Waals surface area contributed by atoms with Crippen LogP contribution in [0.25, 0.3) is 16.9 Å². The van der Waals surface area contributed by atoms with E-state index in [1.165, 1.54) is 18.3 Å². The van der Waals surface area contributed by atoms with Crippen LogP contribution in [0.2, 0.25) is 0 Å². The molecule has 0 N–H and O–H groups in total. The molecule has 3 aromatic rings. The number of hydrogen-bond acceptors (Lipinski definition) is 3. The molecule has 0 aliphatic heterocycles. The van der Waals surface area contributed by atoms with E-state index in [2.05, 4.69) is 9.97 Å². The molecule has 0 saturated heterocycles. The lowest BCUT2D eigenvalue weighted by molar-refractivity contribution is 0.112. The molecular formula is C13H8FN3O. The van der Waals surface area contributed by atoms with E-state index in [1.807, 2.05) is 0 Å². The number of hydrogen-bond donors (Lipinski definition) is 0. The summed E-state index contributed by atoms with van der Waals surface area (Å²) in [5.41, 5.74) is 1.84. The van der Waals surface area contributed by atoms with Gasteiger partial charge in [0.1, 0.15) is 18.0 Å². The van der Waals surface area contributed by atoms with Gasteiger partial charge in [0.25, 0.3) is 0 Å². The van der Waals surface area contributed by atoms with Crippen LogP contribution in [-0.4, -0.2) is 20.8 Å². The average Bonchev–Trinajstić information content (AvgIpc) is 2.81. The van der Waals surface area contributed by atoms with Crippen LogP contribution in [0.1, 0.15) is 10.4 Å². The molecule has 0 atom stereocenters. The van der Waals surface area contributed by atoms with Crippen LogP contribution < -0.4 is 0 Å². The molecule has 1 aromatic carbocycles. The molecule has 2 heterocycles. The topological polar surface area (TPSA) is 47.8 Å². The Balaban J connectivity index is 2.15. The number of fused-ring (bicyclic) bond motifs is 1. The third-order valence-corrected chi connectivity index (χ3v) is 2.66. The van der Waals surface area contributed by atoms with Crippen LogP contribution in [0.15, 0.2) is 42.9 Å². The zero-order valence-corrected chi connectivity index (χ0v) is 9.25. The highest BCUT2D eigenvalue weighted by atomic mass is 19.1. The van der Waals surface area contributed by atoms with E-state index >= 15 is 0 Å². The number of rotatable bonds is 2. The molecule has 4 nitrogen and oxygen atoms in total. The number of benzene rings is 1. The highest BCUT2D eigenvalue weighted by Crippen LogP contribution is 2.17. The molecule has 0 aliphatic rings. The summed E-state index contributed by atoms with van der Waals surface area (Å²) in [6.45, 7) is 0. The first-order valence-electron chi connectivity index (χ1n) is 5.32. The first-order chi connectivity index (χ1) is 8.78. The summed E-state index contributed by atoms with van der Waals surface area (Å²) in [7, 11) is 0. The van der Waals surface area contributed by atoms with Crippen molar-refractivity contribution in [1.82, 2.24) is 14.5 Å². The largest absolute Gasteiger partial charge is 0.298 e. The molecule has 0 radical (unpaired) electrons. The van der Waals surface area contributed by atoms with Gasteiger partial charge in [-0.05, 0) is 24.3 Å². The number of pyridine rings is 1. The van der Waals surface area contributed by atoms with Gasteiger partial charge < -0.3 is 0 Å². The van der Waals surface area contributed by atoms with Crippen molar-refractivity contribution in [3.63, 3.8) is 0 Å². The lowest BCUT2D eigenvalue weighted by Gasteiger charge is -2.02. The number of carbonyl (C=O) groups is 1. The summed E-state index contributed by atoms with van der Waals surface area (Å²) in [6, 6.07) is 7.78. The highest BCUT2D eigenvalue weighted by molar-refractivity contribution is 5.77. The van der Waals surface area contributed by atoms with Crippen molar-refractivity contribution in [3.8, 4) is 5.82 Å². The van der Waals surface area contributed by atoms with Gasteiger partial charge in [-0.3, -0.25) is 9.36 Å². The molecule has 0 bridgehead atoms. The Kier molecular flexibility index (Phi) is 2.37. The van der Waals surface area contributed by atoms with E-state index in [4.69, 9.17) is 0 Å². The first kappa shape index (κ1) is 10.6. The molecule has 88 valence electrons. The van der Waals surface area contributed by atoms with Crippen molar-refractivity contribution in [2.24, 2.45) is 0 Å². The predicted molar refractivity (Wildman–Crippen MR) is 64.2 cm³/mol. The molecular weight excluding hydrogens is 233 g/mol. The molecule has 0 saturated carbocycles. The summed E-state index contributed by atoms with van der Waals surface area (Å²) < 4.78 is 14.8. The van der Waals surface area contributed by atoms with Crippen LogP contribution in [0.5, 0.6) is 0 Å². The minimum atomic E-state index is -0.322. The normalized spacial score (nSPS) is 10.7. The van der Waals surface area contributed by atoms with Crippen molar-refractivity contribution < 1.29 is 9.18 Å². The van der Waals surface area contributed by atoms with E-state index in [1.54, 1.807) is 29.1 Å². The minimum Gasteiger partial charge on any atom is -0.298 e. The monoisotopic (exact) mass is 241 g/mol. The van der Waals surface area contributed by atoms with Crippen molar-refractivity contribution in [2.75, 3.05) is 0 Å². The Morgan fingerprint density at radius 3 is 2.78 bits per heavy atom. The van der Waals surface area contributed by atoms with Crippen LogP contribution in [0.3, 0.4) is 0 Å².